The fraction of sp³-hybridized carbons (Fsp3) is 0.0588. The Morgan fingerprint density at radius 3 is 2.59 bits per heavy atom. The van der Waals surface area contributed by atoms with Crippen LogP contribution < -0.4 is 10.2 Å². The molecule has 4 nitrogen and oxygen atoms in total. The van der Waals surface area contributed by atoms with Crippen molar-refractivity contribution in [2.45, 2.75) is 6.92 Å². The minimum Gasteiger partial charge on any atom is -0.448 e. The lowest BCUT2D eigenvalue weighted by atomic mass is 10.1. The Morgan fingerprint density at radius 1 is 1.14 bits per heavy atom. The van der Waals surface area contributed by atoms with Crippen molar-refractivity contribution >= 4 is 32.9 Å². The first-order valence-corrected chi connectivity index (χ1v) is 7.35. The number of fused-ring (bicyclic) bond motifs is 1. The average molecular weight is 359 g/mol. The van der Waals surface area contributed by atoms with Crippen LogP contribution in [0, 0.1) is 6.92 Å². The number of rotatable bonds is 2. The molecule has 3 aromatic rings. The van der Waals surface area contributed by atoms with Gasteiger partial charge in [0.1, 0.15) is 11.3 Å². The number of hydrogen-bond acceptors (Lipinski definition) is 4. The maximum atomic E-state index is 12.1. The van der Waals surface area contributed by atoms with Crippen molar-refractivity contribution in [1.29, 1.82) is 0 Å². The van der Waals surface area contributed by atoms with Crippen LogP contribution in [0.25, 0.3) is 11.0 Å². The molecule has 0 amide bonds. The molecule has 0 aliphatic heterocycles. The van der Waals surface area contributed by atoms with E-state index in [1.165, 1.54) is 0 Å². The first-order valence-electron chi connectivity index (χ1n) is 6.56. The predicted octanol–water partition coefficient (Wildman–Crippen LogP) is 4.08. The van der Waals surface area contributed by atoms with E-state index < -0.39 is 5.97 Å². The van der Waals surface area contributed by atoms with Crippen LogP contribution in [-0.2, 0) is 0 Å². The molecule has 22 heavy (non-hydrogen) atoms. The maximum Gasteiger partial charge on any atom is 0.379 e. The van der Waals surface area contributed by atoms with E-state index in [1.807, 2.05) is 13.0 Å². The fourth-order valence-corrected chi connectivity index (χ4v) is 2.34. The van der Waals surface area contributed by atoms with Crippen LogP contribution in [-0.4, -0.2) is 5.97 Å². The molecule has 0 fully saturated rings. The number of ether oxygens (including phenoxy) is 1. The first-order chi connectivity index (χ1) is 10.5. The smallest absolute Gasteiger partial charge is 0.379 e. The highest BCUT2D eigenvalue weighted by Gasteiger charge is 2.15. The molecule has 3 rings (SSSR count). The van der Waals surface area contributed by atoms with E-state index in [0.29, 0.717) is 16.7 Å². The van der Waals surface area contributed by atoms with E-state index in [9.17, 15) is 9.59 Å². The molecule has 0 aliphatic rings. The van der Waals surface area contributed by atoms with Crippen molar-refractivity contribution in [2.24, 2.45) is 0 Å². The Balaban J connectivity index is 1.99. The largest absolute Gasteiger partial charge is 0.448 e. The van der Waals surface area contributed by atoms with E-state index in [1.54, 1.807) is 36.4 Å². The summed E-state index contributed by atoms with van der Waals surface area (Å²) >= 11 is 3.30. The van der Waals surface area contributed by atoms with E-state index in [0.717, 1.165) is 16.1 Å². The fourth-order valence-electron chi connectivity index (χ4n) is 2.08. The van der Waals surface area contributed by atoms with Gasteiger partial charge in [-0.05, 0) is 42.8 Å². The summed E-state index contributed by atoms with van der Waals surface area (Å²) in [6.07, 6.45) is 0. The SMILES string of the molecule is Cc1cccc2c(=O)cc(C(=O)Oc3ccc(Br)cc3)oc12. The molecule has 110 valence electrons. The van der Waals surface area contributed by atoms with Gasteiger partial charge in [0.25, 0.3) is 0 Å². The molecule has 0 atom stereocenters. The third kappa shape index (κ3) is 2.80. The number of para-hydroxylation sites is 1. The van der Waals surface area contributed by atoms with Gasteiger partial charge in [0.2, 0.25) is 5.76 Å². The van der Waals surface area contributed by atoms with Gasteiger partial charge in [-0.1, -0.05) is 28.1 Å². The predicted molar refractivity (Wildman–Crippen MR) is 86.3 cm³/mol. The van der Waals surface area contributed by atoms with Gasteiger partial charge in [0.15, 0.2) is 5.43 Å². The second kappa shape index (κ2) is 5.77. The number of benzene rings is 2. The van der Waals surface area contributed by atoms with E-state index in [4.69, 9.17) is 9.15 Å². The molecule has 1 aromatic heterocycles. The number of esters is 1. The third-order valence-electron chi connectivity index (χ3n) is 3.18. The minimum atomic E-state index is -0.704. The van der Waals surface area contributed by atoms with Crippen molar-refractivity contribution in [1.82, 2.24) is 0 Å². The van der Waals surface area contributed by atoms with Crippen molar-refractivity contribution in [3.63, 3.8) is 0 Å². The second-order valence-electron chi connectivity index (χ2n) is 4.77. The molecule has 0 aliphatic carbocycles. The highest BCUT2D eigenvalue weighted by molar-refractivity contribution is 9.10. The molecule has 0 saturated heterocycles. The van der Waals surface area contributed by atoms with Crippen LogP contribution in [0.5, 0.6) is 5.75 Å². The lowest BCUT2D eigenvalue weighted by molar-refractivity contribution is 0.0702. The number of hydrogen-bond donors (Lipinski definition) is 0. The van der Waals surface area contributed by atoms with Crippen LogP contribution >= 0.6 is 15.9 Å². The normalized spacial score (nSPS) is 10.6. The van der Waals surface area contributed by atoms with Gasteiger partial charge in [0.05, 0.1) is 5.39 Å². The molecule has 2 aromatic carbocycles. The van der Waals surface area contributed by atoms with E-state index >= 15 is 0 Å². The minimum absolute atomic E-state index is 0.116. The zero-order chi connectivity index (χ0) is 15.7. The van der Waals surface area contributed by atoms with Gasteiger partial charge in [-0.2, -0.15) is 0 Å². The Hall–Kier alpha value is -2.40. The monoisotopic (exact) mass is 358 g/mol. The number of halogens is 1. The topological polar surface area (TPSA) is 56.5 Å². The quantitative estimate of drug-likeness (QED) is 0.511. The molecule has 0 saturated carbocycles. The van der Waals surface area contributed by atoms with Gasteiger partial charge < -0.3 is 9.15 Å². The number of carbonyl (C=O) groups excluding carboxylic acids is 1. The summed E-state index contributed by atoms with van der Waals surface area (Å²) in [7, 11) is 0. The third-order valence-corrected chi connectivity index (χ3v) is 3.71. The van der Waals surface area contributed by atoms with Gasteiger partial charge in [-0.15, -0.1) is 0 Å². The highest BCUT2D eigenvalue weighted by atomic mass is 79.9. The highest BCUT2D eigenvalue weighted by Crippen LogP contribution is 2.20. The Kier molecular flexibility index (Phi) is 3.81. The van der Waals surface area contributed by atoms with Gasteiger partial charge >= 0.3 is 5.97 Å². The summed E-state index contributed by atoms with van der Waals surface area (Å²) in [4.78, 5) is 24.2. The molecule has 0 bridgehead atoms. The lowest BCUT2D eigenvalue weighted by Crippen LogP contribution is -2.12. The standard InChI is InChI=1S/C17H11BrO4/c1-10-3-2-4-13-14(19)9-15(22-16(10)13)17(20)21-12-7-5-11(18)6-8-12/h2-9H,1H3. The molecule has 5 heteroatoms. The average Bonchev–Trinajstić information content (AvgIpc) is 2.50. The molecule has 0 radical (unpaired) electrons. The summed E-state index contributed by atoms with van der Waals surface area (Å²) in [5.74, 6) is -0.444. The van der Waals surface area contributed by atoms with Gasteiger partial charge in [-0.25, -0.2) is 4.79 Å². The number of carbonyl (C=O) groups is 1. The van der Waals surface area contributed by atoms with E-state index in [2.05, 4.69) is 15.9 Å². The first kappa shape index (κ1) is 14.5. The molecule has 0 spiro atoms. The van der Waals surface area contributed by atoms with Gasteiger partial charge in [-0.3, -0.25) is 4.79 Å². The number of aryl methyl sites for hydroxylation is 1. The molecular formula is C17H11BrO4. The Morgan fingerprint density at radius 2 is 1.86 bits per heavy atom. The second-order valence-corrected chi connectivity index (χ2v) is 5.69. The summed E-state index contributed by atoms with van der Waals surface area (Å²) < 4.78 is 11.6. The molecule has 0 N–H and O–H groups in total. The van der Waals surface area contributed by atoms with Crippen molar-refractivity contribution in [3.05, 3.63) is 74.6 Å². The summed E-state index contributed by atoms with van der Waals surface area (Å²) in [5, 5.41) is 0.445. The Labute approximate surface area is 134 Å². The Bertz CT molecular complexity index is 910. The summed E-state index contributed by atoms with van der Waals surface area (Å²) in [6.45, 7) is 1.81. The van der Waals surface area contributed by atoms with Crippen LogP contribution in [0.3, 0.4) is 0 Å². The van der Waals surface area contributed by atoms with Crippen LogP contribution in [0.2, 0.25) is 0 Å². The molecular weight excluding hydrogens is 348 g/mol. The van der Waals surface area contributed by atoms with Crippen molar-refractivity contribution in [3.8, 4) is 5.75 Å². The molecule has 0 unspecified atom stereocenters. The zero-order valence-electron chi connectivity index (χ0n) is 11.6. The van der Waals surface area contributed by atoms with E-state index in [-0.39, 0.29) is 11.2 Å². The maximum absolute atomic E-state index is 12.1. The summed E-state index contributed by atoms with van der Waals surface area (Å²) in [6, 6.07) is 13.2. The van der Waals surface area contributed by atoms with Crippen LogP contribution in [0.4, 0.5) is 0 Å². The van der Waals surface area contributed by atoms with Crippen molar-refractivity contribution < 1.29 is 13.9 Å². The molecule has 1 heterocycles. The zero-order valence-corrected chi connectivity index (χ0v) is 13.2. The van der Waals surface area contributed by atoms with Crippen LogP contribution in [0.15, 0.2) is 62.2 Å². The lowest BCUT2D eigenvalue weighted by Gasteiger charge is -2.06. The van der Waals surface area contributed by atoms with Crippen molar-refractivity contribution in [2.75, 3.05) is 0 Å². The summed E-state index contributed by atoms with van der Waals surface area (Å²) in [5.41, 5.74) is 0.915. The van der Waals surface area contributed by atoms with Gasteiger partial charge in [0, 0.05) is 10.5 Å². The van der Waals surface area contributed by atoms with Crippen LogP contribution in [0.1, 0.15) is 16.1 Å².